The number of hydrogen-bond donors (Lipinski definition) is 2. The molecule has 0 bridgehead atoms. The smallest absolute Gasteiger partial charge is 0.120 e. The maximum absolute atomic E-state index is 9.67. The van der Waals surface area contributed by atoms with Crippen molar-refractivity contribution in [3.63, 3.8) is 0 Å². The van der Waals surface area contributed by atoms with E-state index in [1.165, 1.54) is 0 Å². The lowest BCUT2D eigenvalue weighted by Gasteiger charge is -2.14. The summed E-state index contributed by atoms with van der Waals surface area (Å²) in [4.78, 5) is 0. The zero-order valence-electron chi connectivity index (χ0n) is 8.84. The lowest BCUT2D eigenvalue weighted by Crippen LogP contribution is -2.18. The molecule has 3 heteroatoms. The summed E-state index contributed by atoms with van der Waals surface area (Å²) < 4.78 is 0.963. The predicted molar refractivity (Wildman–Crippen MR) is 65.7 cm³/mol. The van der Waals surface area contributed by atoms with Gasteiger partial charge in [0.25, 0.3) is 0 Å². The van der Waals surface area contributed by atoms with Crippen molar-refractivity contribution in [2.75, 3.05) is 6.54 Å². The van der Waals surface area contributed by atoms with Crippen LogP contribution in [0.25, 0.3) is 0 Å². The molecule has 0 amide bonds. The Balaban J connectivity index is 2.74. The first-order chi connectivity index (χ1) is 7.15. The highest BCUT2D eigenvalue weighted by Gasteiger charge is 2.09. The summed E-state index contributed by atoms with van der Waals surface area (Å²) >= 11 is 3.38. The normalized spacial score (nSPS) is 11.7. The maximum atomic E-state index is 9.67. The van der Waals surface area contributed by atoms with E-state index >= 15 is 0 Å². The van der Waals surface area contributed by atoms with E-state index in [0.29, 0.717) is 12.3 Å². The minimum atomic E-state index is 0.0864. The van der Waals surface area contributed by atoms with Crippen LogP contribution in [0.2, 0.25) is 0 Å². The molecule has 1 aromatic rings. The van der Waals surface area contributed by atoms with Crippen LogP contribution >= 0.6 is 15.9 Å². The van der Waals surface area contributed by atoms with Crippen molar-refractivity contribution < 1.29 is 5.11 Å². The molecule has 1 rings (SSSR count). The van der Waals surface area contributed by atoms with E-state index < -0.39 is 0 Å². The van der Waals surface area contributed by atoms with E-state index in [1.54, 1.807) is 6.07 Å². The standard InChI is InChI=1S/C12H14BrNO/c1-3-4-7-14-9(2)11-8-10(13)5-6-12(11)15/h5-6,8-9,14-15H,7H2,1-2H3. The molecule has 1 unspecified atom stereocenters. The van der Waals surface area contributed by atoms with Crippen LogP contribution in [0.4, 0.5) is 0 Å². The van der Waals surface area contributed by atoms with E-state index in [2.05, 4.69) is 33.1 Å². The number of phenols is 1. The second kappa shape index (κ2) is 5.79. The number of hydrogen-bond acceptors (Lipinski definition) is 2. The Bertz CT molecular complexity index is 392. The molecule has 0 aliphatic rings. The minimum Gasteiger partial charge on any atom is -0.508 e. The molecule has 0 radical (unpaired) electrons. The van der Waals surface area contributed by atoms with Crippen LogP contribution in [0.5, 0.6) is 5.75 Å². The van der Waals surface area contributed by atoms with Crippen molar-refractivity contribution in [3.05, 3.63) is 28.2 Å². The van der Waals surface area contributed by atoms with E-state index in [9.17, 15) is 5.11 Å². The van der Waals surface area contributed by atoms with Crippen LogP contribution in [0.3, 0.4) is 0 Å². The summed E-state index contributed by atoms with van der Waals surface area (Å²) in [5.74, 6) is 6.05. The molecule has 80 valence electrons. The Morgan fingerprint density at radius 2 is 2.27 bits per heavy atom. The second-order valence-electron chi connectivity index (χ2n) is 3.23. The quantitative estimate of drug-likeness (QED) is 0.826. The highest BCUT2D eigenvalue weighted by molar-refractivity contribution is 9.10. The van der Waals surface area contributed by atoms with Crippen LogP contribution in [0, 0.1) is 11.8 Å². The number of phenolic OH excluding ortho intramolecular Hbond substituents is 1. The fraction of sp³-hybridized carbons (Fsp3) is 0.333. The molecule has 0 heterocycles. The zero-order chi connectivity index (χ0) is 11.3. The molecule has 2 N–H and O–H groups in total. The maximum Gasteiger partial charge on any atom is 0.120 e. The molecular weight excluding hydrogens is 254 g/mol. The van der Waals surface area contributed by atoms with Gasteiger partial charge in [-0.3, -0.25) is 5.32 Å². The molecule has 1 aromatic carbocycles. The Hall–Kier alpha value is -0.980. The van der Waals surface area contributed by atoms with E-state index in [4.69, 9.17) is 0 Å². The second-order valence-corrected chi connectivity index (χ2v) is 4.15. The van der Waals surface area contributed by atoms with E-state index in [1.807, 2.05) is 26.0 Å². The predicted octanol–water partition coefficient (Wildman–Crippen LogP) is 2.83. The molecule has 2 nitrogen and oxygen atoms in total. The fourth-order valence-electron chi connectivity index (χ4n) is 1.27. The summed E-state index contributed by atoms with van der Waals surface area (Å²) in [6.07, 6.45) is 0. The van der Waals surface area contributed by atoms with Gasteiger partial charge in [0.1, 0.15) is 5.75 Å². The van der Waals surface area contributed by atoms with E-state index in [-0.39, 0.29) is 6.04 Å². The Labute approximate surface area is 98.8 Å². The van der Waals surface area contributed by atoms with Gasteiger partial charge in [0, 0.05) is 16.1 Å². The van der Waals surface area contributed by atoms with Gasteiger partial charge in [-0.25, -0.2) is 0 Å². The zero-order valence-corrected chi connectivity index (χ0v) is 10.4. The number of benzene rings is 1. The molecule has 0 spiro atoms. The van der Waals surface area contributed by atoms with Gasteiger partial charge < -0.3 is 5.11 Å². The van der Waals surface area contributed by atoms with Gasteiger partial charge >= 0.3 is 0 Å². The summed E-state index contributed by atoms with van der Waals surface area (Å²) in [7, 11) is 0. The topological polar surface area (TPSA) is 32.3 Å². The van der Waals surface area contributed by atoms with Gasteiger partial charge in [0.2, 0.25) is 0 Å². The van der Waals surface area contributed by atoms with E-state index in [0.717, 1.165) is 10.0 Å². The third-order valence-electron chi connectivity index (χ3n) is 2.13. The number of halogens is 1. The number of rotatable bonds is 3. The molecule has 0 saturated heterocycles. The van der Waals surface area contributed by atoms with Gasteiger partial charge in [0.15, 0.2) is 0 Å². The van der Waals surface area contributed by atoms with Crippen molar-refractivity contribution in [1.29, 1.82) is 0 Å². The van der Waals surface area contributed by atoms with Crippen LogP contribution < -0.4 is 5.32 Å². The summed E-state index contributed by atoms with van der Waals surface area (Å²) in [5.41, 5.74) is 0.877. The SMILES string of the molecule is CC#CCNC(C)c1cc(Br)ccc1O. The molecule has 0 saturated carbocycles. The Morgan fingerprint density at radius 1 is 1.53 bits per heavy atom. The Morgan fingerprint density at radius 3 is 2.93 bits per heavy atom. The average Bonchev–Trinajstić information content (AvgIpc) is 2.22. The summed E-state index contributed by atoms with van der Waals surface area (Å²) in [6.45, 7) is 4.44. The van der Waals surface area contributed by atoms with Crippen LogP contribution in [-0.4, -0.2) is 11.7 Å². The van der Waals surface area contributed by atoms with Gasteiger partial charge in [-0.05, 0) is 32.0 Å². The molecule has 0 aromatic heterocycles. The summed E-state index contributed by atoms with van der Waals surface area (Å²) in [6, 6.07) is 5.50. The first-order valence-electron chi connectivity index (χ1n) is 4.76. The molecule has 0 aliphatic carbocycles. The molecule has 0 fully saturated rings. The van der Waals surface area contributed by atoms with Gasteiger partial charge in [-0.15, -0.1) is 5.92 Å². The van der Waals surface area contributed by atoms with Crippen LogP contribution in [0.1, 0.15) is 25.5 Å². The fourth-order valence-corrected chi connectivity index (χ4v) is 1.65. The minimum absolute atomic E-state index is 0.0864. The van der Waals surface area contributed by atoms with Crippen molar-refractivity contribution in [2.45, 2.75) is 19.9 Å². The third-order valence-corrected chi connectivity index (χ3v) is 2.62. The third kappa shape index (κ3) is 3.58. The largest absolute Gasteiger partial charge is 0.508 e. The van der Waals surface area contributed by atoms with Crippen molar-refractivity contribution in [1.82, 2.24) is 5.32 Å². The molecule has 15 heavy (non-hydrogen) atoms. The average molecular weight is 268 g/mol. The Kier molecular flexibility index (Phi) is 4.67. The van der Waals surface area contributed by atoms with Gasteiger partial charge in [0.05, 0.1) is 6.54 Å². The molecular formula is C12H14BrNO. The molecule has 1 atom stereocenters. The number of aromatic hydroxyl groups is 1. The number of nitrogens with one attached hydrogen (secondary N) is 1. The summed E-state index contributed by atoms with van der Waals surface area (Å²) in [5, 5.41) is 12.9. The van der Waals surface area contributed by atoms with Crippen molar-refractivity contribution >= 4 is 15.9 Å². The highest BCUT2D eigenvalue weighted by Crippen LogP contribution is 2.27. The van der Waals surface area contributed by atoms with Gasteiger partial charge in [-0.2, -0.15) is 0 Å². The first kappa shape index (κ1) is 12.1. The van der Waals surface area contributed by atoms with Crippen LogP contribution in [-0.2, 0) is 0 Å². The lowest BCUT2D eigenvalue weighted by molar-refractivity contribution is 0.456. The highest BCUT2D eigenvalue weighted by atomic mass is 79.9. The van der Waals surface area contributed by atoms with Crippen molar-refractivity contribution in [2.24, 2.45) is 0 Å². The van der Waals surface area contributed by atoms with Gasteiger partial charge in [-0.1, -0.05) is 21.9 Å². The molecule has 0 aliphatic heterocycles. The van der Waals surface area contributed by atoms with Crippen molar-refractivity contribution in [3.8, 4) is 17.6 Å². The first-order valence-corrected chi connectivity index (χ1v) is 5.56. The van der Waals surface area contributed by atoms with Crippen LogP contribution in [0.15, 0.2) is 22.7 Å². The monoisotopic (exact) mass is 267 g/mol. The lowest BCUT2D eigenvalue weighted by atomic mass is 10.1.